The Balaban J connectivity index is 2.18. The van der Waals surface area contributed by atoms with E-state index in [1.54, 1.807) is 0 Å². The molecule has 1 aromatic heterocycles. The zero-order valence-corrected chi connectivity index (χ0v) is 9.86. The maximum absolute atomic E-state index is 11.3. The number of unbranched alkanes of at least 4 members (excludes halogenated alkanes) is 2. The van der Waals surface area contributed by atoms with Gasteiger partial charge in [-0.05, 0) is 13.3 Å². The van der Waals surface area contributed by atoms with Gasteiger partial charge in [-0.2, -0.15) is 0 Å². The average molecular weight is 228 g/mol. The number of nitrogens with one attached hydrogen (secondary N) is 2. The molecule has 2 N–H and O–H groups in total. The van der Waals surface area contributed by atoms with Crippen LogP contribution in [0.15, 0.2) is 0 Å². The quantitative estimate of drug-likeness (QED) is 0.759. The van der Waals surface area contributed by atoms with Crippen LogP contribution in [0.1, 0.15) is 31.2 Å². The van der Waals surface area contributed by atoms with Crippen LogP contribution in [0.3, 0.4) is 0 Å². The van der Waals surface area contributed by atoms with Gasteiger partial charge in [0, 0.05) is 6.54 Å². The van der Waals surface area contributed by atoms with E-state index in [0.717, 1.165) is 24.3 Å². The summed E-state index contributed by atoms with van der Waals surface area (Å²) in [4.78, 5) is 11.3. The fourth-order valence-corrected chi connectivity index (χ4v) is 1.65. The zero-order valence-electron chi connectivity index (χ0n) is 9.04. The second-order valence-electron chi connectivity index (χ2n) is 3.21. The standard InChI is InChI=1S/C9H16N4OS/c1-3-4-5-6-10-8(14)11-9-13-12-7(2)15-9/h3-6H2,1-2H3,(H2,10,11,13,14). The molecule has 0 fully saturated rings. The van der Waals surface area contributed by atoms with Crippen molar-refractivity contribution in [3.8, 4) is 0 Å². The summed E-state index contributed by atoms with van der Waals surface area (Å²) in [5, 5.41) is 14.4. The molecule has 0 aromatic carbocycles. The number of aromatic nitrogens is 2. The van der Waals surface area contributed by atoms with E-state index < -0.39 is 0 Å². The highest BCUT2D eigenvalue weighted by Gasteiger charge is 2.04. The molecule has 0 radical (unpaired) electrons. The second kappa shape index (κ2) is 6.34. The summed E-state index contributed by atoms with van der Waals surface area (Å²) in [5.41, 5.74) is 0. The molecule has 0 aliphatic heterocycles. The monoisotopic (exact) mass is 228 g/mol. The molecule has 5 nitrogen and oxygen atoms in total. The molecule has 2 amide bonds. The third-order valence-corrected chi connectivity index (χ3v) is 2.57. The van der Waals surface area contributed by atoms with Gasteiger partial charge in [-0.15, -0.1) is 10.2 Å². The number of nitrogens with zero attached hydrogens (tertiary/aromatic N) is 2. The van der Waals surface area contributed by atoms with Crippen molar-refractivity contribution in [2.45, 2.75) is 33.1 Å². The minimum atomic E-state index is -0.206. The molecule has 1 rings (SSSR count). The van der Waals surface area contributed by atoms with Crippen molar-refractivity contribution in [1.29, 1.82) is 0 Å². The van der Waals surface area contributed by atoms with E-state index in [0.29, 0.717) is 11.7 Å². The minimum Gasteiger partial charge on any atom is -0.338 e. The maximum atomic E-state index is 11.3. The molecule has 0 aliphatic rings. The predicted molar refractivity (Wildman–Crippen MR) is 61.2 cm³/mol. The van der Waals surface area contributed by atoms with Gasteiger partial charge in [0.2, 0.25) is 5.13 Å². The Kier molecular flexibility index (Phi) is 5.03. The van der Waals surface area contributed by atoms with E-state index in [2.05, 4.69) is 27.8 Å². The molecule has 0 atom stereocenters. The van der Waals surface area contributed by atoms with Crippen LogP contribution in [0.25, 0.3) is 0 Å². The molecule has 0 saturated carbocycles. The van der Waals surface area contributed by atoms with Crippen LogP contribution in [0, 0.1) is 6.92 Å². The van der Waals surface area contributed by atoms with Crippen molar-refractivity contribution in [1.82, 2.24) is 15.5 Å². The molecule has 15 heavy (non-hydrogen) atoms. The van der Waals surface area contributed by atoms with Gasteiger partial charge in [0.05, 0.1) is 0 Å². The third-order valence-electron chi connectivity index (χ3n) is 1.81. The Morgan fingerprint density at radius 2 is 2.20 bits per heavy atom. The van der Waals surface area contributed by atoms with Crippen LogP contribution < -0.4 is 10.6 Å². The van der Waals surface area contributed by atoms with Gasteiger partial charge in [-0.3, -0.25) is 5.32 Å². The molecule has 0 aliphatic carbocycles. The van der Waals surface area contributed by atoms with Crippen molar-refractivity contribution in [2.75, 3.05) is 11.9 Å². The molecule has 1 heterocycles. The highest BCUT2D eigenvalue weighted by molar-refractivity contribution is 7.15. The van der Waals surface area contributed by atoms with E-state index in [4.69, 9.17) is 0 Å². The summed E-state index contributed by atoms with van der Waals surface area (Å²) in [6.07, 6.45) is 3.30. The zero-order chi connectivity index (χ0) is 11.1. The Bertz CT molecular complexity index is 313. The lowest BCUT2D eigenvalue weighted by Gasteiger charge is -2.03. The number of aryl methyl sites for hydroxylation is 1. The van der Waals surface area contributed by atoms with Crippen LogP contribution in [0.4, 0.5) is 9.93 Å². The highest BCUT2D eigenvalue weighted by Crippen LogP contribution is 2.12. The molecule has 0 spiro atoms. The fourth-order valence-electron chi connectivity index (χ4n) is 1.07. The molecule has 0 bridgehead atoms. The number of rotatable bonds is 5. The van der Waals surface area contributed by atoms with Gasteiger partial charge in [0.1, 0.15) is 5.01 Å². The Labute approximate surface area is 93.3 Å². The Hall–Kier alpha value is -1.17. The summed E-state index contributed by atoms with van der Waals surface area (Å²) < 4.78 is 0. The van der Waals surface area contributed by atoms with Crippen LogP contribution in [0.2, 0.25) is 0 Å². The molecule has 6 heteroatoms. The number of hydrogen-bond donors (Lipinski definition) is 2. The third kappa shape index (κ3) is 4.73. The molecular formula is C9H16N4OS. The van der Waals surface area contributed by atoms with Crippen molar-refractivity contribution >= 4 is 22.5 Å². The maximum Gasteiger partial charge on any atom is 0.321 e. The van der Waals surface area contributed by atoms with Gasteiger partial charge in [0.25, 0.3) is 0 Å². The first-order valence-corrected chi connectivity index (χ1v) is 5.89. The molecule has 0 saturated heterocycles. The van der Waals surface area contributed by atoms with Crippen LogP contribution >= 0.6 is 11.3 Å². The fraction of sp³-hybridized carbons (Fsp3) is 0.667. The molecule has 84 valence electrons. The van der Waals surface area contributed by atoms with Crippen molar-refractivity contribution in [3.05, 3.63) is 5.01 Å². The van der Waals surface area contributed by atoms with E-state index >= 15 is 0 Å². The lowest BCUT2D eigenvalue weighted by molar-refractivity contribution is 0.252. The van der Waals surface area contributed by atoms with E-state index in [-0.39, 0.29) is 6.03 Å². The van der Waals surface area contributed by atoms with Gasteiger partial charge >= 0.3 is 6.03 Å². The first-order chi connectivity index (χ1) is 7.22. The predicted octanol–water partition coefficient (Wildman–Crippen LogP) is 2.16. The molecule has 1 aromatic rings. The average Bonchev–Trinajstić information content (AvgIpc) is 2.59. The van der Waals surface area contributed by atoms with E-state index in [1.807, 2.05) is 6.92 Å². The summed E-state index contributed by atoms with van der Waals surface area (Å²) in [6.45, 7) is 4.68. The topological polar surface area (TPSA) is 66.9 Å². The number of urea groups is 1. The van der Waals surface area contributed by atoms with E-state index in [1.165, 1.54) is 11.3 Å². The molecule has 0 unspecified atom stereocenters. The van der Waals surface area contributed by atoms with Gasteiger partial charge in [-0.25, -0.2) is 4.79 Å². The number of carbonyl (C=O) groups is 1. The summed E-state index contributed by atoms with van der Waals surface area (Å²) in [7, 11) is 0. The summed E-state index contributed by atoms with van der Waals surface area (Å²) in [6, 6.07) is -0.206. The lowest BCUT2D eigenvalue weighted by atomic mass is 10.2. The summed E-state index contributed by atoms with van der Waals surface area (Å²) >= 11 is 1.37. The number of carbonyl (C=O) groups excluding carboxylic acids is 1. The first kappa shape index (κ1) is 11.9. The SMILES string of the molecule is CCCCCNC(=O)Nc1nnc(C)s1. The van der Waals surface area contributed by atoms with Crippen LogP contribution in [0.5, 0.6) is 0 Å². The minimum absolute atomic E-state index is 0.206. The lowest BCUT2D eigenvalue weighted by Crippen LogP contribution is -2.29. The Morgan fingerprint density at radius 3 is 2.80 bits per heavy atom. The van der Waals surface area contributed by atoms with Crippen molar-refractivity contribution < 1.29 is 4.79 Å². The number of hydrogen-bond acceptors (Lipinski definition) is 4. The van der Waals surface area contributed by atoms with Crippen LogP contribution in [-0.2, 0) is 0 Å². The van der Waals surface area contributed by atoms with Gasteiger partial charge in [0.15, 0.2) is 0 Å². The van der Waals surface area contributed by atoms with Crippen LogP contribution in [-0.4, -0.2) is 22.8 Å². The van der Waals surface area contributed by atoms with E-state index in [9.17, 15) is 4.79 Å². The van der Waals surface area contributed by atoms with Crippen molar-refractivity contribution in [3.63, 3.8) is 0 Å². The number of anilines is 1. The van der Waals surface area contributed by atoms with Gasteiger partial charge < -0.3 is 5.32 Å². The first-order valence-electron chi connectivity index (χ1n) is 5.07. The second-order valence-corrected chi connectivity index (χ2v) is 4.40. The highest BCUT2D eigenvalue weighted by atomic mass is 32.1. The Morgan fingerprint density at radius 1 is 1.40 bits per heavy atom. The normalized spacial score (nSPS) is 10.0. The largest absolute Gasteiger partial charge is 0.338 e. The molecular weight excluding hydrogens is 212 g/mol. The van der Waals surface area contributed by atoms with Crippen molar-refractivity contribution in [2.24, 2.45) is 0 Å². The smallest absolute Gasteiger partial charge is 0.321 e. The van der Waals surface area contributed by atoms with Gasteiger partial charge in [-0.1, -0.05) is 31.1 Å². The summed E-state index contributed by atoms with van der Waals surface area (Å²) in [5.74, 6) is 0. The number of amides is 2.